The molecule has 2 amide bonds. The van der Waals surface area contributed by atoms with E-state index in [1.165, 1.54) is 17.7 Å². The smallest absolute Gasteiger partial charge is 0.320 e. The Labute approximate surface area is 153 Å². The fraction of sp³-hybridized carbons (Fsp3) is 0.381. The lowest BCUT2D eigenvalue weighted by Gasteiger charge is -2.45. The van der Waals surface area contributed by atoms with Gasteiger partial charge in [-0.2, -0.15) is 0 Å². The van der Waals surface area contributed by atoms with E-state index in [1.807, 2.05) is 29.0 Å². The second-order valence-electron chi connectivity index (χ2n) is 7.38. The quantitative estimate of drug-likeness (QED) is 0.900. The van der Waals surface area contributed by atoms with Gasteiger partial charge >= 0.3 is 6.03 Å². The van der Waals surface area contributed by atoms with Gasteiger partial charge in [0.05, 0.1) is 6.04 Å². The molecular weight excluding hydrogens is 329 g/mol. The van der Waals surface area contributed by atoms with Gasteiger partial charge in [0.1, 0.15) is 5.82 Å². The van der Waals surface area contributed by atoms with Gasteiger partial charge in [-0.25, -0.2) is 9.18 Å². The minimum Gasteiger partial charge on any atom is -0.328 e. The molecule has 0 saturated heterocycles. The summed E-state index contributed by atoms with van der Waals surface area (Å²) < 4.78 is 13.4. The van der Waals surface area contributed by atoms with Crippen LogP contribution in [0.25, 0.3) is 0 Å². The molecule has 0 spiro atoms. The molecule has 0 radical (unpaired) electrons. The molecule has 2 aromatic carbocycles. The fourth-order valence-electron chi connectivity index (χ4n) is 4.08. The van der Waals surface area contributed by atoms with Gasteiger partial charge in [0.25, 0.3) is 0 Å². The summed E-state index contributed by atoms with van der Waals surface area (Å²) in [5.74, 6) is -0.267. The number of rotatable bonds is 2. The van der Waals surface area contributed by atoms with Crippen LogP contribution in [0.5, 0.6) is 0 Å². The number of hydrogen-bond donors (Lipinski definition) is 1. The molecule has 4 rings (SSSR count). The van der Waals surface area contributed by atoms with Gasteiger partial charge in [0.15, 0.2) is 0 Å². The van der Waals surface area contributed by atoms with E-state index in [0.717, 1.165) is 30.4 Å². The lowest BCUT2D eigenvalue weighted by atomic mass is 9.86. The van der Waals surface area contributed by atoms with Gasteiger partial charge in [-0.1, -0.05) is 36.4 Å². The molecule has 2 N–H and O–H groups in total. The SMILES string of the molecule is CN(C(=O)N1CCc2ccccc2C1c1ccc(F)cc1)C1CC(N)C1. The van der Waals surface area contributed by atoms with Crippen LogP contribution >= 0.6 is 0 Å². The number of hydrogen-bond acceptors (Lipinski definition) is 2. The highest BCUT2D eigenvalue weighted by Gasteiger charge is 2.38. The number of nitrogens with two attached hydrogens (primary N) is 1. The summed E-state index contributed by atoms with van der Waals surface area (Å²) in [6, 6.07) is 14.9. The highest BCUT2D eigenvalue weighted by molar-refractivity contribution is 5.76. The summed E-state index contributed by atoms with van der Waals surface area (Å²) >= 11 is 0. The molecule has 0 aromatic heterocycles. The number of fused-ring (bicyclic) bond motifs is 1. The summed E-state index contributed by atoms with van der Waals surface area (Å²) in [7, 11) is 1.86. The van der Waals surface area contributed by atoms with Crippen molar-refractivity contribution in [1.29, 1.82) is 0 Å². The molecule has 1 aliphatic heterocycles. The number of carbonyl (C=O) groups is 1. The van der Waals surface area contributed by atoms with Crippen molar-refractivity contribution in [2.24, 2.45) is 5.73 Å². The van der Waals surface area contributed by atoms with Gasteiger partial charge in [0, 0.05) is 25.7 Å². The number of amides is 2. The second kappa shape index (κ2) is 6.72. The lowest BCUT2D eigenvalue weighted by molar-refractivity contribution is 0.103. The first-order valence-corrected chi connectivity index (χ1v) is 9.17. The van der Waals surface area contributed by atoms with E-state index < -0.39 is 0 Å². The van der Waals surface area contributed by atoms with Gasteiger partial charge < -0.3 is 15.5 Å². The third-order valence-corrected chi connectivity index (χ3v) is 5.71. The van der Waals surface area contributed by atoms with E-state index in [-0.39, 0.29) is 30.0 Å². The Morgan fingerprint density at radius 1 is 1.15 bits per heavy atom. The summed E-state index contributed by atoms with van der Waals surface area (Å²) in [4.78, 5) is 17.0. The molecular formula is C21H24FN3O. The first-order chi connectivity index (χ1) is 12.5. The zero-order chi connectivity index (χ0) is 18.3. The van der Waals surface area contributed by atoms with Crippen LogP contribution in [-0.2, 0) is 6.42 Å². The maximum atomic E-state index is 13.4. The molecule has 1 saturated carbocycles. The molecule has 1 unspecified atom stereocenters. The standard InChI is InChI=1S/C21H24FN3O/c1-24(18-12-17(23)13-18)21(26)25-11-10-14-4-2-3-5-19(14)20(25)15-6-8-16(22)9-7-15/h2-9,17-18,20H,10-13,23H2,1H3. The molecule has 136 valence electrons. The Bertz CT molecular complexity index is 801. The molecule has 26 heavy (non-hydrogen) atoms. The van der Waals surface area contributed by atoms with Gasteiger partial charge in [-0.3, -0.25) is 0 Å². The predicted octanol–water partition coefficient (Wildman–Crippen LogP) is 3.31. The Hall–Kier alpha value is -2.40. The first-order valence-electron chi connectivity index (χ1n) is 9.17. The van der Waals surface area contributed by atoms with E-state index in [2.05, 4.69) is 12.1 Å². The van der Waals surface area contributed by atoms with Crippen LogP contribution in [0.4, 0.5) is 9.18 Å². The summed E-state index contributed by atoms with van der Waals surface area (Å²) in [5, 5.41) is 0. The van der Waals surface area contributed by atoms with E-state index in [9.17, 15) is 9.18 Å². The molecule has 0 bridgehead atoms. The van der Waals surface area contributed by atoms with E-state index >= 15 is 0 Å². The average molecular weight is 353 g/mol. The molecule has 1 fully saturated rings. The van der Waals surface area contributed by atoms with Crippen molar-refractivity contribution in [2.45, 2.75) is 37.4 Å². The number of carbonyl (C=O) groups excluding carboxylic acids is 1. The zero-order valence-corrected chi connectivity index (χ0v) is 14.9. The highest BCUT2D eigenvalue weighted by atomic mass is 19.1. The Morgan fingerprint density at radius 3 is 2.54 bits per heavy atom. The maximum Gasteiger partial charge on any atom is 0.320 e. The van der Waals surface area contributed by atoms with Crippen molar-refractivity contribution < 1.29 is 9.18 Å². The van der Waals surface area contributed by atoms with Gasteiger partial charge in [-0.05, 0) is 48.1 Å². The zero-order valence-electron chi connectivity index (χ0n) is 14.9. The molecule has 4 nitrogen and oxygen atoms in total. The van der Waals surface area contributed by atoms with Gasteiger partial charge in [-0.15, -0.1) is 0 Å². The predicted molar refractivity (Wildman–Crippen MR) is 99.3 cm³/mol. The number of nitrogens with zero attached hydrogens (tertiary/aromatic N) is 2. The maximum absolute atomic E-state index is 13.4. The van der Waals surface area contributed by atoms with Gasteiger partial charge in [0.2, 0.25) is 0 Å². The van der Waals surface area contributed by atoms with E-state index in [4.69, 9.17) is 5.73 Å². The molecule has 1 aliphatic carbocycles. The monoisotopic (exact) mass is 353 g/mol. The molecule has 1 heterocycles. The van der Waals surface area contributed by atoms with Crippen LogP contribution in [0.2, 0.25) is 0 Å². The molecule has 2 aliphatic rings. The van der Waals surface area contributed by atoms with Crippen LogP contribution in [0.15, 0.2) is 48.5 Å². The number of halogens is 1. The Balaban J connectivity index is 1.68. The van der Waals surface area contributed by atoms with Crippen molar-refractivity contribution in [3.05, 3.63) is 71.0 Å². The Morgan fingerprint density at radius 2 is 1.85 bits per heavy atom. The van der Waals surface area contributed by atoms with Crippen LogP contribution in [-0.4, -0.2) is 41.5 Å². The van der Waals surface area contributed by atoms with Crippen molar-refractivity contribution in [3.63, 3.8) is 0 Å². The molecule has 1 atom stereocenters. The van der Waals surface area contributed by atoms with Crippen LogP contribution < -0.4 is 5.73 Å². The number of urea groups is 1. The van der Waals surface area contributed by atoms with Crippen molar-refractivity contribution >= 4 is 6.03 Å². The Kier molecular flexibility index (Phi) is 4.41. The van der Waals surface area contributed by atoms with Crippen molar-refractivity contribution in [2.75, 3.05) is 13.6 Å². The lowest BCUT2D eigenvalue weighted by Crippen LogP contribution is -2.55. The van der Waals surface area contributed by atoms with Crippen LogP contribution in [0.3, 0.4) is 0 Å². The van der Waals surface area contributed by atoms with Crippen molar-refractivity contribution in [1.82, 2.24) is 9.80 Å². The second-order valence-corrected chi connectivity index (χ2v) is 7.38. The van der Waals surface area contributed by atoms with Crippen molar-refractivity contribution in [3.8, 4) is 0 Å². The molecule has 5 heteroatoms. The fourth-order valence-corrected chi connectivity index (χ4v) is 4.08. The van der Waals surface area contributed by atoms with E-state index in [1.54, 1.807) is 12.1 Å². The topological polar surface area (TPSA) is 49.6 Å². The first kappa shape index (κ1) is 17.0. The normalized spacial score (nSPS) is 24.6. The summed E-state index contributed by atoms with van der Waals surface area (Å²) in [5.41, 5.74) is 9.20. The van der Waals surface area contributed by atoms with Crippen LogP contribution in [0, 0.1) is 5.82 Å². The number of benzene rings is 2. The minimum absolute atomic E-state index is 0.0192. The van der Waals surface area contributed by atoms with E-state index in [0.29, 0.717) is 6.54 Å². The third-order valence-electron chi connectivity index (χ3n) is 5.71. The van der Waals surface area contributed by atoms with Crippen LogP contribution in [0.1, 0.15) is 35.6 Å². The average Bonchev–Trinajstić information content (AvgIpc) is 2.64. The highest BCUT2D eigenvalue weighted by Crippen LogP contribution is 2.36. The minimum atomic E-state index is -0.267. The summed E-state index contributed by atoms with van der Waals surface area (Å²) in [6.45, 7) is 0.654. The molecule has 2 aromatic rings. The summed E-state index contributed by atoms with van der Waals surface area (Å²) in [6.07, 6.45) is 2.54. The third kappa shape index (κ3) is 2.97. The largest absolute Gasteiger partial charge is 0.328 e.